The molecule has 1 aliphatic carbocycles. The van der Waals surface area contributed by atoms with Crippen LogP contribution in [0.1, 0.15) is 77.1 Å². The Labute approximate surface area is 190 Å². The number of hydrogen-bond donors (Lipinski definition) is 4. The van der Waals surface area contributed by atoms with Gasteiger partial charge in [-0.3, -0.25) is 14.4 Å². The zero-order chi connectivity index (χ0) is 24.0. The lowest BCUT2D eigenvalue weighted by Gasteiger charge is -2.38. The highest BCUT2D eigenvalue weighted by atomic mass is 16.4. The lowest BCUT2D eigenvalue weighted by Crippen LogP contribution is -2.50. The average Bonchev–Trinajstić information content (AvgIpc) is 2.67. The van der Waals surface area contributed by atoms with Crippen molar-refractivity contribution in [3.05, 3.63) is 23.8 Å². The van der Waals surface area contributed by atoms with Gasteiger partial charge >= 0.3 is 7.12 Å². The Morgan fingerprint density at radius 3 is 2.41 bits per heavy atom. The summed E-state index contributed by atoms with van der Waals surface area (Å²) in [6.07, 6.45) is 3.47. The van der Waals surface area contributed by atoms with E-state index in [1.807, 2.05) is 27.7 Å². The predicted octanol–water partition coefficient (Wildman–Crippen LogP) is 1.33. The number of nitrogens with one attached hydrogen (secondary N) is 2. The van der Waals surface area contributed by atoms with Gasteiger partial charge in [0.25, 0.3) is 5.91 Å². The normalized spacial score (nSPS) is 18.4. The van der Waals surface area contributed by atoms with Crippen LogP contribution in [0.15, 0.2) is 18.2 Å². The molecule has 4 N–H and O–H groups in total. The fraction of sp³-hybridized carbons (Fsp3) is 0.609. The van der Waals surface area contributed by atoms with E-state index in [1.54, 1.807) is 17.0 Å². The molecule has 0 bridgehead atoms. The fourth-order valence-corrected chi connectivity index (χ4v) is 4.28. The summed E-state index contributed by atoms with van der Waals surface area (Å²) in [5.74, 6) is -0.283. The number of carbonyl (C=O) groups excluding carboxylic acids is 3. The second-order valence-corrected chi connectivity index (χ2v) is 9.35. The SMILES string of the molecule is CC(=O)N(c1ccc(C(=O)NC(C)C)cc1B(O)O)C1CCCC(NC(=O)CC(C)C)C1. The van der Waals surface area contributed by atoms with Gasteiger partial charge in [0.05, 0.1) is 0 Å². The summed E-state index contributed by atoms with van der Waals surface area (Å²) in [5.41, 5.74) is 0.756. The molecule has 2 rings (SSSR count). The maximum atomic E-state index is 12.7. The van der Waals surface area contributed by atoms with E-state index in [0.717, 1.165) is 19.3 Å². The van der Waals surface area contributed by atoms with Crippen LogP contribution in [0.3, 0.4) is 0 Å². The number of nitrogens with zero attached hydrogens (tertiary/aromatic N) is 1. The van der Waals surface area contributed by atoms with E-state index in [1.165, 1.54) is 13.0 Å². The van der Waals surface area contributed by atoms with Gasteiger partial charge in [-0.1, -0.05) is 13.8 Å². The van der Waals surface area contributed by atoms with Crippen LogP contribution < -0.4 is 21.0 Å². The summed E-state index contributed by atoms with van der Waals surface area (Å²) in [5, 5.41) is 25.9. The van der Waals surface area contributed by atoms with Crippen LogP contribution in [-0.4, -0.2) is 53.0 Å². The van der Waals surface area contributed by atoms with Gasteiger partial charge in [0.1, 0.15) is 0 Å². The molecule has 9 heteroatoms. The Kier molecular flexibility index (Phi) is 9.27. The molecule has 2 unspecified atom stereocenters. The van der Waals surface area contributed by atoms with E-state index in [2.05, 4.69) is 10.6 Å². The Morgan fingerprint density at radius 2 is 1.84 bits per heavy atom. The van der Waals surface area contributed by atoms with Crippen molar-refractivity contribution >= 4 is 36.0 Å². The first-order valence-corrected chi connectivity index (χ1v) is 11.4. The van der Waals surface area contributed by atoms with Gasteiger partial charge in [-0.2, -0.15) is 0 Å². The van der Waals surface area contributed by atoms with E-state index in [-0.39, 0.29) is 52.8 Å². The first-order valence-electron chi connectivity index (χ1n) is 11.4. The standard InChI is InChI=1S/C23H36BN3O5/c1-14(2)11-22(29)26-18-7-6-8-19(13-18)27(16(5)28)21-10-9-17(12-20(21)24(31)32)23(30)25-15(3)4/h9-10,12,14-15,18-19,31-32H,6-8,11,13H2,1-5H3,(H,25,30)(H,26,29). The topological polar surface area (TPSA) is 119 Å². The minimum Gasteiger partial charge on any atom is -0.423 e. The minimum absolute atomic E-state index is 0.00649. The molecule has 1 aliphatic rings. The summed E-state index contributed by atoms with van der Waals surface area (Å²) in [6, 6.07) is 4.28. The van der Waals surface area contributed by atoms with Crippen LogP contribution in [0.4, 0.5) is 5.69 Å². The first-order chi connectivity index (χ1) is 15.0. The highest BCUT2D eigenvalue weighted by molar-refractivity contribution is 6.61. The molecule has 0 heterocycles. The molecule has 1 aromatic carbocycles. The highest BCUT2D eigenvalue weighted by Gasteiger charge is 2.33. The van der Waals surface area contributed by atoms with Gasteiger partial charge in [-0.05, 0) is 63.6 Å². The van der Waals surface area contributed by atoms with Crippen LogP contribution >= 0.6 is 0 Å². The largest absolute Gasteiger partial charge is 0.490 e. The third-order valence-corrected chi connectivity index (χ3v) is 5.56. The average molecular weight is 445 g/mol. The maximum Gasteiger partial charge on any atom is 0.490 e. The molecule has 2 atom stereocenters. The van der Waals surface area contributed by atoms with Crippen LogP contribution in [0, 0.1) is 5.92 Å². The molecule has 3 amide bonds. The molecule has 1 saturated carbocycles. The molecule has 0 saturated heterocycles. The van der Waals surface area contributed by atoms with Crippen molar-refractivity contribution in [3.63, 3.8) is 0 Å². The van der Waals surface area contributed by atoms with E-state index in [4.69, 9.17) is 0 Å². The van der Waals surface area contributed by atoms with E-state index in [0.29, 0.717) is 18.5 Å². The molecule has 0 radical (unpaired) electrons. The lowest BCUT2D eigenvalue weighted by atomic mass is 9.77. The quantitative estimate of drug-likeness (QED) is 0.451. The molecule has 0 aliphatic heterocycles. The zero-order valence-electron chi connectivity index (χ0n) is 19.7. The first kappa shape index (κ1) is 25.9. The van der Waals surface area contributed by atoms with Crippen LogP contribution in [-0.2, 0) is 9.59 Å². The molecule has 8 nitrogen and oxygen atoms in total. The van der Waals surface area contributed by atoms with Gasteiger partial charge in [0.15, 0.2) is 0 Å². The Morgan fingerprint density at radius 1 is 1.16 bits per heavy atom. The number of benzene rings is 1. The Bertz CT molecular complexity index is 828. The van der Waals surface area contributed by atoms with Crippen LogP contribution in [0.2, 0.25) is 0 Å². The van der Waals surface area contributed by atoms with Crippen molar-refractivity contribution in [2.24, 2.45) is 5.92 Å². The Balaban J connectivity index is 2.30. The Hall–Kier alpha value is -2.39. The molecule has 0 aromatic heterocycles. The molecule has 1 fully saturated rings. The molecule has 0 spiro atoms. The monoisotopic (exact) mass is 445 g/mol. The second-order valence-electron chi connectivity index (χ2n) is 9.35. The van der Waals surface area contributed by atoms with Gasteiger partial charge in [0, 0.05) is 48.2 Å². The van der Waals surface area contributed by atoms with Crippen molar-refractivity contribution < 1.29 is 24.4 Å². The van der Waals surface area contributed by atoms with Crippen molar-refractivity contribution in [1.82, 2.24) is 10.6 Å². The van der Waals surface area contributed by atoms with E-state index in [9.17, 15) is 24.4 Å². The van der Waals surface area contributed by atoms with Gasteiger partial charge < -0.3 is 25.6 Å². The molecule has 1 aromatic rings. The summed E-state index contributed by atoms with van der Waals surface area (Å²) < 4.78 is 0. The van der Waals surface area contributed by atoms with Crippen molar-refractivity contribution in [1.29, 1.82) is 0 Å². The number of carbonyl (C=O) groups is 3. The van der Waals surface area contributed by atoms with Crippen LogP contribution in [0.5, 0.6) is 0 Å². The number of anilines is 1. The summed E-state index contributed by atoms with van der Waals surface area (Å²) >= 11 is 0. The summed E-state index contributed by atoms with van der Waals surface area (Å²) in [6.45, 7) is 9.10. The van der Waals surface area contributed by atoms with Crippen molar-refractivity contribution in [2.45, 2.75) is 84.8 Å². The second kappa shape index (κ2) is 11.5. The number of rotatable bonds is 8. The van der Waals surface area contributed by atoms with Crippen molar-refractivity contribution in [2.75, 3.05) is 4.90 Å². The van der Waals surface area contributed by atoms with Gasteiger partial charge in [0.2, 0.25) is 11.8 Å². The third-order valence-electron chi connectivity index (χ3n) is 5.56. The van der Waals surface area contributed by atoms with E-state index < -0.39 is 7.12 Å². The lowest BCUT2D eigenvalue weighted by molar-refractivity contribution is -0.122. The predicted molar refractivity (Wildman–Crippen MR) is 126 cm³/mol. The zero-order valence-corrected chi connectivity index (χ0v) is 19.7. The molecular formula is C23H36BN3O5. The van der Waals surface area contributed by atoms with Crippen LogP contribution in [0.25, 0.3) is 0 Å². The highest BCUT2D eigenvalue weighted by Crippen LogP contribution is 2.28. The smallest absolute Gasteiger partial charge is 0.423 e. The summed E-state index contributed by atoms with van der Waals surface area (Å²) in [4.78, 5) is 38.8. The maximum absolute atomic E-state index is 12.7. The van der Waals surface area contributed by atoms with Gasteiger partial charge in [-0.15, -0.1) is 0 Å². The fourth-order valence-electron chi connectivity index (χ4n) is 4.28. The third kappa shape index (κ3) is 7.07. The molecule has 176 valence electrons. The molecular weight excluding hydrogens is 409 g/mol. The van der Waals surface area contributed by atoms with Crippen molar-refractivity contribution in [3.8, 4) is 0 Å². The molecule has 32 heavy (non-hydrogen) atoms. The number of hydrogen-bond acceptors (Lipinski definition) is 5. The minimum atomic E-state index is -1.84. The summed E-state index contributed by atoms with van der Waals surface area (Å²) in [7, 11) is -1.84. The number of amides is 3. The van der Waals surface area contributed by atoms with Gasteiger partial charge in [-0.25, -0.2) is 0 Å². The van der Waals surface area contributed by atoms with E-state index >= 15 is 0 Å².